The van der Waals surface area contributed by atoms with E-state index in [0.29, 0.717) is 23.9 Å². The van der Waals surface area contributed by atoms with Crippen molar-refractivity contribution in [3.8, 4) is 0 Å². The molecule has 166 valence electrons. The van der Waals surface area contributed by atoms with Gasteiger partial charge in [0.1, 0.15) is 11.6 Å². The van der Waals surface area contributed by atoms with Crippen LogP contribution in [-0.4, -0.2) is 54.1 Å². The summed E-state index contributed by atoms with van der Waals surface area (Å²) in [5.74, 6) is 2.95. The van der Waals surface area contributed by atoms with Crippen LogP contribution >= 0.6 is 0 Å². The summed E-state index contributed by atoms with van der Waals surface area (Å²) in [5, 5.41) is 12.8. The van der Waals surface area contributed by atoms with Gasteiger partial charge in [0.2, 0.25) is 0 Å². The first-order valence-electron chi connectivity index (χ1n) is 11.8. The quantitative estimate of drug-likeness (QED) is 0.495. The third kappa shape index (κ3) is 3.24. The van der Waals surface area contributed by atoms with Gasteiger partial charge >= 0.3 is 0 Å². The van der Waals surface area contributed by atoms with Crippen molar-refractivity contribution in [3.63, 3.8) is 0 Å². The summed E-state index contributed by atoms with van der Waals surface area (Å²) in [7, 11) is 2.21. The summed E-state index contributed by atoms with van der Waals surface area (Å²) < 4.78 is 2.18. The first-order valence-corrected chi connectivity index (χ1v) is 11.8. The summed E-state index contributed by atoms with van der Waals surface area (Å²) in [4.78, 5) is 14.8. The molecule has 4 aromatic heterocycles. The van der Waals surface area contributed by atoms with Gasteiger partial charge in [0.05, 0.1) is 11.7 Å². The Morgan fingerprint density at radius 2 is 2.06 bits per heavy atom. The topological polar surface area (TPSA) is 87.0 Å². The maximum Gasteiger partial charge on any atom is 0.179 e. The second-order valence-electron chi connectivity index (χ2n) is 9.42. The average molecular weight is 431 g/mol. The fraction of sp³-hybridized carbons (Fsp3) is 0.500. The number of hydrogen-bond donors (Lipinski definition) is 2. The highest BCUT2D eigenvalue weighted by atomic mass is 15.3. The van der Waals surface area contributed by atoms with E-state index in [1.807, 2.05) is 6.20 Å². The van der Waals surface area contributed by atoms with Gasteiger partial charge in [-0.15, -0.1) is 10.2 Å². The van der Waals surface area contributed by atoms with Gasteiger partial charge in [0.25, 0.3) is 0 Å². The molecule has 2 fully saturated rings. The summed E-state index contributed by atoms with van der Waals surface area (Å²) in [6.45, 7) is 3.46. The van der Waals surface area contributed by atoms with Crippen molar-refractivity contribution in [2.75, 3.05) is 18.9 Å². The van der Waals surface area contributed by atoms with Crippen LogP contribution in [0.25, 0.3) is 16.8 Å². The molecule has 8 heteroatoms. The van der Waals surface area contributed by atoms with Gasteiger partial charge < -0.3 is 10.3 Å². The van der Waals surface area contributed by atoms with Crippen LogP contribution < -0.4 is 5.32 Å². The van der Waals surface area contributed by atoms with E-state index in [1.54, 1.807) is 6.20 Å². The predicted octanol–water partition coefficient (Wildman–Crippen LogP) is 4.15. The lowest BCUT2D eigenvalue weighted by Gasteiger charge is -2.20. The monoisotopic (exact) mass is 430 g/mol. The summed E-state index contributed by atoms with van der Waals surface area (Å²) in [6.07, 6.45) is 11.5. The van der Waals surface area contributed by atoms with Gasteiger partial charge in [-0.25, -0.2) is 9.97 Å². The van der Waals surface area contributed by atoms with Crippen LogP contribution in [-0.2, 0) is 0 Å². The van der Waals surface area contributed by atoms with E-state index in [4.69, 9.17) is 4.98 Å². The van der Waals surface area contributed by atoms with Crippen molar-refractivity contribution in [2.24, 2.45) is 5.92 Å². The van der Waals surface area contributed by atoms with Gasteiger partial charge in [-0.05, 0) is 62.9 Å². The van der Waals surface area contributed by atoms with Crippen LogP contribution in [0.2, 0.25) is 0 Å². The Morgan fingerprint density at radius 3 is 2.84 bits per heavy atom. The lowest BCUT2D eigenvalue weighted by atomic mass is 9.93. The molecule has 1 saturated carbocycles. The van der Waals surface area contributed by atoms with E-state index in [2.05, 4.69) is 73.2 Å². The minimum absolute atomic E-state index is 0.361. The summed E-state index contributed by atoms with van der Waals surface area (Å²) >= 11 is 0. The smallest absolute Gasteiger partial charge is 0.179 e. The number of H-pyrrole nitrogens is 1. The minimum Gasteiger partial charge on any atom is -0.367 e. The summed E-state index contributed by atoms with van der Waals surface area (Å²) in [5.41, 5.74) is 4.05. The predicted molar refractivity (Wildman–Crippen MR) is 125 cm³/mol. The molecule has 32 heavy (non-hydrogen) atoms. The number of anilines is 1. The number of aromatic amines is 1. The highest BCUT2D eigenvalue weighted by molar-refractivity contribution is 5.74. The molecule has 1 aliphatic carbocycles. The largest absolute Gasteiger partial charge is 0.367 e. The van der Waals surface area contributed by atoms with E-state index < -0.39 is 0 Å². The zero-order valence-corrected chi connectivity index (χ0v) is 18.7. The Kier molecular flexibility index (Phi) is 4.82. The maximum absolute atomic E-state index is 4.76. The van der Waals surface area contributed by atoms with E-state index in [-0.39, 0.29) is 0 Å². The standard InChI is InChI=1S/C24H30N8/c1-3-15-11-17(28-21-7-6-16(13-26-21)19-5-4-10-31(19)2)12-18(15)24-30-29-22-14-27-23-20(32(22)24)8-9-25-23/h6-9,13-15,17-19,25H,3-5,10-12H2,1-2H3,(H,26,28)/t15-,17+,18-,19+/m1/s1. The van der Waals surface area contributed by atoms with Crippen LogP contribution in [0.1, 0.15) is 62.4 Å². The third-order valence-electron chi connectivity index (χ3n) is 7.56. The van der Waals surface area contributed by atoms with Crippen molar-refractivity contribution < 1.29 is 0 Å². The first-order chi connectivity index (χ1) is 15.7. The van der Waals surface area contributed by atoms with E-state index in [0.717, 1.165) is 47.7 Å². The number of nitrogens with one attached hydrogen (secondary N) is 2. The number of hydrogen-bond acceptors (Lipinski definition) is 6. The fourth-order valence-electron chi connectivity index (χ4n) is 5.88. The second-order valence-corrected chi connectivity index (χ2v) is 9.42. The number of likely N-dealkylation sites (tertiary alicyclic amines) is 1. The van der Waals surface area contributed by atoms with Gasteiger partial charge in [-0.3, -0.25) is 9.30 Å². The molecule has 0 bridgehead atoms. The number of rotatable bonds is 5. The highest BCUT2D eigenvalue weighted by Gasteiger charge is 2.37. The molecule has 0 radical (unpaired) electrons. The number of pyridine rings is 1. The molecular formula is C24H30N8. The van der Waals surface area contributed by atoms with Crippen molar-refractivity contribution in [1.82, 2.24) is 34.4 Å². The van der Waals surface area contributed by atoms with Crippen molar-refractivity contribution in [1.29, 1.82) is 0 Å². The van der Waals surface area contributed by atoms with Gasteiger partial charge in [-0.2, -0.15) is 0 Å². The molecule has 5 heterocycles. The molecular weight excluding hydrogens is 400 g/mol. The molecule has 8 nitrogen and oxygen atoms in total. The zero-order valence-electron chi connectivity index (χ0n) is 18.7. The van der Waals surface area contributed by atoms with Crippen LogP contribution in [0.4, 0.5) is 5.82 Å². The SMILES string of the molecule is CC[C@@H]1C[C@H](Nc2ccc([C@@H]3CCCN3C)cn2)C[C@H]1c1nnc2cnc3[nH]ccc3n12. The molecule has 2 aliphatic rings. The van der Waals surface area contributed by atoms with Crippen molar-refractivity contribution >= 4 is 22.6 Å². The molecule has 2 N–H and O–H groups in total. The fourth-order valence-corrected chi connectivity index (χ4v) is 5.88. The van der Waals surface area contributed by atoms with Gasteiger partial charge in [0.15, 0.2) is 11.3 Å². The van der Waals surface area contributed by atoms with E-state index in [1.165, 1.54) is 24.9 Å². The molecule has 4 atom stereocenters. The van der Waals surface area contributed by atoms with E-state index >= 15 is 0 Å². The molecule has 0 unspecified atom stereocenters. The number of fused-ring (bicyclic) bond motifs is 3. The third-order valence-corrected chi connectivity index (χ3v) is 7.56. The normalized spacial score (nSPS) is 26.4. The first kappa shape index (κ1) is 19.7. The Bertz CT molecular complexity index is 1230. The van der Waals surface area contributed by atoms with Crippen LogP contribution in [0.15, 0.2) is 36.8 Å². The second kappa shape index (κ2) is 7.85. The van der Waals surface area contributed by atoms with Crippen molar-refractivity contribution in [3.05, 3.63) is 48.2 Å². The van der Waals surface area contributed by atoms with Gasteiger partial charge in [-0.1, -0.05) is 19.4 Å². The average Bonchev–Trinajstić information content (AvgIpc) is 3.59. The molecule has 6 rings (SSSR count). The molecule has 0 aromatic carbocycles. The number of nitrogens with zero attached hydrogens (tertiary/aromatic N) is 6. The molecule has 1 saturated heterocycles. The maximum atomic E-state index is 4.76. The Labute approximate surface area is 187 Å². The Hall–Kier alpha value is -3.00. The Morgan fingerprint density at radius 1 is 1.12 bits per heavy atom. The van der Waals surface area contributed by atoms with Crippen molar-refractivity contribution in [2.45, 2.75) is 57.0 Å². The highest BCUT2D eigenvalue weighted by Crippen LogP contribution is 2.42. The zero-order chi connectivity index (χ0) is 21.7. The lowest BCUT2D eigenvalue weighted by molar-refractivity contribution is 0.317. The molecule has 0 spiro atoms. The van der Waals surface area contributed by atoms with E-state index in [9.17, 15) is 0 Å². The van der Waals surface area contributed by atoms with Crippen LogP contribution in [0, 0.1) is 5.92 Å². The number of aromatic nitrogens is 6. The lowest BCUT2D eigenvalue weighted by Crippen LogP contribution is -2.19. The molecule has 4 aromatic rings. The summed E-state index contributed by atoms with van der Waals surface area (Å²) in [6, 6.07) is 7.34. The van der Waals surface area contributed by atoms with Crippen LogP contribution in [0.3, 0.4) is 0 Å². The minimum atomic E-state index is 0.361. The van der Waals surface area contributed by atoms with Crippen LogP contribution in [0.5, 0.6) is 0 Å². The Balaban J connectivity index is 1.23. The van der Waals surface area contributed by atoms with Gasteiger partial charge in [0, 0.05) is 30.4 Å². The molecule has 0 amide bonds. The molecule has 1 aliphatic heterocycles.